The van der Waals surface area contributed by atoms with Crippen molar-refractivity contribution in [3.8, 4) is 0 Å². The first-order chi connectivity index (χ1) is 8.54. The quantitative estimate of drug-likeness (QED) is 0.874. The molecule has 18 heavy (non-hydrogen) atoms. The Labute approximate surface area is 113 Å². The first kappa shape index (κ1) is 15.1. The van der Waals surface area contributed by atoms with E-state index in [0.717, 1.165) is 6.42 Å². The van der Waals surface area contributed by atoms with Gasteiger partial charge in [-0.2, -0.15) is 0 Å². The first-order valence-corrected chi connectivity index (χ1v) is 7.45. The molecule has 0 bridgehead atoms. The molecule has 0 aromatic heterocycles. The van der Waals surface area contributed by atoms with Gasteiger partial charge in [0, 0.05) is 27.9 Å². The van der Waals surface area contributed by atoms with Crippen molar-refractivity contribution in [3.63, 3.8) is 0 Å². The van der Waals surface area contributed by atoms with Crippen molar-refractivity contribution >= 4 is 28.3 Å². The summed E-state index contributed by atoms with van der Waals surface area (Å²) in [6, 6.07) is 4.28. The minimum atomic E-state index is -1.46. The fourth-order valence-electron chi connectivity index (χ4n) is 1.34. The fraction of sp³-hybridized carbons (Fsp3) is 0.417. The summed E-state index contributed by atoms with van der Waals surface area (Å²) >= 11 is 5.82. The van der Waals surface area contributed by atoms with Crippen LogP contribution < -0.4 is 5.32 Å². The van der Waals surface area contributed by atoms with Gasteiger partial charge in [-0.05, 0) is 18.6 Å². The summed E-state index contributed by atoms with van der Waals surface area (Å²) in [6.45, 7) is 2.48. The Balaban J connectivity index is 2.57. The van der Waals surface area contributed by atoms with E-state index in [2.05, 4.69) is 5.32 Å². The predicted octanol–water partition coefficient (Wildman–Crippen LogP) is 2.25. The Morgan fingerprint density at radius 1 is 1.50 bits per heavy atom. The van der Waals surface area contributed by atoms with E-state index in [4.69, 9.17) is 11.6 Å². The molecule has 0 aliphatic rings. The monoisotopic (exact) mass is 291 g/mol. The van der Waals surface area contributed by atoms with Crippen LogP contribution in [0.1, 0.15) is 18.9 Å². The van der Waals surface area contributed by atoms with E-state index in [-0.39, 0.29) is 28.0 Å². The van der Waals surface area contributed by atoms with Crippen LogP contribution in [0.3, 0.4) is 0 Å². The van der Waals surface area contributed by atoms with Gasteiger partial charge in [0.25, 0.3) is 0 Å². The average molecular weight is 292 g/mol. The Bertz CT molecular complexity index is 433. The molecule has 1 aromatic rings. The third kappa shape index (κ3) is 4.74. The molecule has 0 aliphatic heterocycles. The lowest BCUT2D eigenvalue weighted by molar-refractivity contribution is -0.118. The molecule has 1 rings (SSSR count). The van der Waals surface area contributed by atoms with E-state index < -0.39 is 16.6 Å². The smallest absolute Gasteiger partial charge is 0.232 e. The molecule has 3 nitrogen and oxygen atoms in total. The highest BCUT2D eigenvalue weighted by atomic mass is 35.5. The summed E-state index contributed by atoms with van der Waals surface area (Å²) in [7, 11) is -1.46. The van der Waals surface area contributed by atoms with Crippen LogP contribution in [0, 0.1) is 5.82 Å². The predicted molar refractivity (Wildman–Crippen MR) is 71.4 cm³/mol. The average Bonchev–Trinajstić information content (AvgIpc) is 2.31. The number of hydrogen-bond acceptors (Lipinski definition) is 2. The van der Waals surface area contributed by atoms with E-state index in [0.29, 0.717) is 6.54 Å². The molecule has 0 fully saturated rings. The molecule has 1 atom stereocenters. The maximum Gasteiger partial charge on any atom is 0.232 e. The second kappa shape index (κ2) is 7.48. The van der Waals surface area contributed by atoms with Crippen LogP contribution in [0.15, 0.2) is 18.2 Å². The Morgan fingerprint density at radius 3 is 2.83 bits per heavy atom. The third-order valence-electron chi connectivity index (χ3n) is 2.23. The van der Waals surface area contributed by atoms with Crippen molar-refractivity contribution in [3.05, 3.63) is 34.6 Å². The van der Waals surface area contributed by atoms with Crippen LogP contribution in [-0.2, 0) is 21.3 Å². The first-order valence-electron chi connectivity index (χ1n) is 5.59. The second-order valence-electron chi connectivity index (χ2n) is 3.78. The van der Waals surface area contributed by atoms with Gasteiger partial charge in [-0.15, -0.1) is 0 Å². The van der Waals surface area contributed by atoms with Gasteiger partial charge in [-0.3, -0.25) is 9.00 Å². The summed E-state index contributed by atoms with van der Waals surface area (Å²) in [6.07, 6.45) is 0.817. The number of hydrogen-bond donors (Lipinski definition) is 1. The molecule has 1 N–H and O–H groups in total. The van der Waals surface area contributed by atoms with E-state index in [1.807, 2.05) is 6.92 Å². The van der Waals surface area contributed by atoms with Crippen molar-refractivity contribution < 1.29 is 13.4 Å². The maximum atomic E-state index is 13.4. The van der Waals surface area contributed by atoms with Gasteiger partial charge in [0.15, 0.2) is 0 Å². The molecule has 0 radical (unpaired) electrons. The molecule has 0 aliphatic carbocycles. The molecule has 6 heteroatoms. The number of carbonyl (C=O) groups excluding carboxylic acids is 1. The minimum Gasteiger partial charge on any atom is -0.355 e. The van der Waals surface area contributed by atoms with E-state index in [1.165, 1.54) is 18.2 Å². The third-order valence-corrected chi connectivity index (χ3v) is 3.78. The zero-order valence-electron chi connectivity index (χ0n) is 10.0. The van der Waals surface area contributed by atoms with Gasteiger partial charge < -0.3 is 5.32 Å². The summed E-state index contributed by atoms with van der Waals surface area (Å²) in [5.41, 5.74) is 0.195. The van der Waals surface area contributed by atoms with Gasteiger partial charge in [-0.1, -0.05) is 24.6 Å². The molecule has 0 saturated heterocycles. The molecule has 0 saturated carbocycles. The maximum absolute atomic E-state index is 13.4. The molecular weight excluding hydrogens is 277 g/mol. The van der Waals surface area contributed by atoms with Crippen molar-refractivity contribution in [2.75, 3.05) is 12.3 Å². The van der Waals surface area contributed by atoms with Crippen LogP contribution in [0.25, 0.3) is 0 Å². The molecular formula is C12H15ClFNO2S. The fourth-order valence-corrected chi connectivity index (χ4v) is 2.76. The molecule has 0 heterocycles. The van der Waals surface area contributed by atoms with Crippen LogP contribution >= 0.6 is 11.6 Å². The van der Waals surface area contributed by atoms with Gasteiger partial charge in [0.05, 0.1) is 5.75 Å². The number of carbonyl (C=O) groups is 1. The normalized spacial score (nSPS) is 12.2. The zero-order valence-corrected chi connectivity index (χ0v) is 11.6. The van der Waals surface area contributed by atoms with Gasteiger partial charge >= 0.3 is 0 Å². The SMILES string of the molecule is CCCNC(=O)CS(=O)Cc1c(F)cccc1Cl. The van der Waals surface area contributed by atoms with Gasteiger partial charge in [-0.25, -0.2) is 4.39 Å². The number of nitrogens with one attached hydrogen (secondary N) is 1. The van der Waals surface area contributed by atoms with E-state index in [1.54, 1.807) is 0 Å². The van der Waals surface area contributed by atoms with Crippen LogP contribution in [0.5, 0.6) is 0 Å². The highest BCUT2D eigenvalue weighted by Gasteiger charge is 2.13. The number of rotatable bonds is 6. The lowest BCUT2D eigenvalue weighted by Crippen LogP contribution is -2.29. The minimum absolute atomic E-state index is 0.0505. The highest BCUT2D eigenvalue weighted by Crippen LogP contribution is 2.20. The van der Waals surface area contributed by atoms with Crippen LogP contribution in [-0.4, -0.2) is 22.4 Å². The molecule has 1 unspecified atom stereocenters. The summed E-state index contributed by atoms with van der Waals surface area (Å²) in [5.74, 6) is -0.970. The molecule has 1 aromatic carbocycles. The van der Waals surface area contributed by atoms with Crippen LogP contribution in [0.4, 0.5) is 4.39 Å². The van der Waals surface area contributed by atoms with Crippen LogP contribution in [0.2, 0.25) is 5.02 Å². The number of amides is 1. The number of halogens is 2. The highest BCUT2D eigenvalue weighted by molar-refractivity contribution is 7.84. The van der Waals surface area contributed by atoms with Crippen molar-refractivity contribution in [1.29, 1.82) is 0 Å². The van der Waals surface area contributed by atoms with E-state index in [9.17, 15) is 13.4 Å². The van der Waals surface area contributed by atoms with Crippen molar-refractivity contribution in [2.24, 2.45) is 0 Å². The lowest BCUT2D eigenvalue weighted by atomic mass is 10.2. The Morgan fingerprint density at radius 2 is 2.22 bits per heavy atom. The standard InChI is InChI=1S/C12H15ClFNO2S/c1-2-6-15-12(16)8-18(17)7-9-10(13)4-3-5-11(9)14/h3-5H,2,6-8H2,1H3,(H,15,16). The number of benzene rings is 1. The van der Waals surface area contributed by atoms with E-state index >= 15 is 0 Å². The summed E-state index contributed by atoms with van der Waals surface area (Å²) < 4.78 is 25.1. The lowest BCUT2D eigenvalue weighted by Gasteiger charge is -2.06. The van der Waals surface area contributed by atoms with Gasteiger partial charge in [0.1, 0.15) is 11.6 Å². The zero-order chi connectivity index (χ0) is 13.5. The largest absolute Gasteiger partial charge is 0.355 e. The topological polar surface area (TPSA) is 46.2 Å². The molecule has 1 amide bonds. The summed E-state index contributed by atoms with van der Waals surface area (Å²) in [5, 5.41) is 2.85. The van der Waals surface area contributed by atoms with Crippen molar-refractivity contribution in [2.45, 2.75) is 19.1 Å². The molecule has 100 valence electrons. The van der Waals surface area contributed by atoms with Crippen molar-refractivity contribution in [1.82, 2.24) is 5.32 Å². The van der Waals surface area contributed by atoms with Gasteiger partial charge in [0.2, 0.25) is 5.91 Å². The second-order valence-corrected chi connectivity index (χ2v) is 5.64. The summed E-state index contributed by atoms with van der Waals surface area (Å²) in [4.78, 5) is 11.3. The Kier molecular flexibility index (Phi) is 6.29. The Hall–Kier alpha value is -0.940. The molecule has 0 spiro atoms.